The van der Waals surface area contributed by atoms with Crippen molar-refractivity contribution in [3.63, 3.8) is 0 Å². The van der Waals surface area contributed by atoms with Gasteiger partial charge in [0.05, 0.1) is 5.02 Å². The number of halogens is 2. The highest BCUT2D eigenvalue weighted by molar-refractivity contribution is 6.32. The van der Waals surface area contributed by atoms with E-state index in [4.69, 9.17) is 11.6 Å². The van der Waals surface area contributed by atoms with Gasteiger partial charge in [-0.3, -0.25) is 4.98 Å². The van der Waals surface area contributed by atoms with E-state index in [1.165, 1.54) is 12.1 Å². The van der Waals surface area contributed by atoms with Crippen LogP contribution in [0.3, 0.4) is 0 Å². The lowest BCUT2D eigenvalue weighted by Gasteiger charge is -2.25. The molecule has 1 aromatic heterocycles. The Bertz CT molecular complexity index is 622. The van der Waals surface area contributed by atoms with Gasteiger partial charge in [0.25, 0.3) is 0 Å². The van der Waals surface area contributed by atoms with E-state index in [9.17, 15) is 4.39 Å². The average molecular weight is 305 g/mol. The average Bonchev–Trinajstić information content (AvgIpc) is 2.49. The van der Waals surface area contributed by atoms with Gasteiger partial charge in [0.1, 0.15) is 5.82 Å². The van der Waals surface area contributed by atoms with Crippen molar-refractivity contribution in [2.45, 2.75) is 13.8 Å². The minimum Gasteiger partial charge on any atom is -0.372 e. The van der Waals surface area contributed by atoms with Crippen molar-refractivity contribution in [2.75, 3.05) is 13.1 Å². The maximum Gasteiger partial charge on any atom is 0.124 e. The molecule has 2 rings (SSSR count). The quantitative estimate of drug-likeness (QED) is 0.795. The first-order valence-corrected chi connectivity index (χ1v) is 7.35. The molecule has 110 valence electrons. The number of hydrogen-bond donors (Lipinski definition) is 0. The van der Waals surface area contributed by atoms with Crippen LogP contribution in [0.15, 0.2) is 42.7 Å². The minimum absolute atomic E-state index is 0.330. The van der Waals surface area contributed by atoms with Crippen LogP contribution in [-0.4, -0.2) is 23.0 Å². The topological polar surface area (TPSA) is 16.1 Å². The summed E-state index contributed by atoms with van der Waals surface area (Å²) in [6.07, 6.45) is 5.55. The molecule has 0 unspecified atom stereocenters. The van der Waals surface area contributed by atoms with Gasteiger partial charge in [-0.25, -0.2) is 4.39 Å². The fraction of sp³-hybridized carbons (Fsp3) is 0.235. The lowest BCUT2D eigenvalue weighted by atomic mass is 10.1. The predicted molar refractivity (Wildman–Crippen MR) is 86.4 cm³/mol. The van der Waals surface area contributed by atoms with Gasteiger partial charge < -0.3 is 4.90 Å². The number of pyridine rings is 1. The smallest absolute Gasteiger partial charge is 0.124 e. The van der Waals surface area contributed by atoms with E-state index >= 15 is 0 Å². The summed E-state index contributed by atoms with van der Waals surface area (Å²) in [5.41, 5.74) is 2.78. The second-order valence-corrected chi connectivity index (χ2v) is 5.02. The first-order valence-electron chi connectivity index (χ1n) is 6.97. The van der Waals surface area contributed by atoms with Crippen LogP contribution in [0.2, 0.25) is 5.02 Å². The summed E-state index contributed by atoms with van der Waals surface area (Å²) in [6.45, 7) is 5.85. The number of benzene rings is 1. The molecule has 0 saturated carbocycles. The summed E-state index contributed by atoms with van der Waals surface area (Å²) in [7, 11) is 0. The van der Waals surface area contributed by atoms with E-state index in [1.807, 2.05) is 18.2 Å². The molecule has 2 nitrogen and oxygen atoms in total. The fourth-order valence-corrected chi connectivity index (χ4v) is 2.48. The monoisotopic (exact) mass is 304 g/mol. The molecule has 0 atom stereocenters. The summed E-state index contributed by atoms with van der Waals surface area (Å²) in [4.78, 5) is 6.31. The van der Waals surface area contributed by atoms with Crippen molar-refractivity contribution in [3.05, 3.63) is 64.7 Å². The Labute approximate surface area is 129 Å². The molecule has 0 aliphatic carbocycles. The van der Waals surface area contributed by atoms with Crippen LogP contribution in [0.5, 0.6) is 0 Å². The Hall–Kier alpha value is -1.87. The molecule has 0 radical (unpaired) electrons. The molecule has 0 bridgehead atoms. The largest absolute Gasteiger partial charge is 0.372 e. The molecule has 2 aromatic rings. The summed E-state index contributed by atoms with van der Waals surface area (Å²) in [5, 5.41) is 0.414. The third kappa shape index (κ3) is 3.82. The number of hydrogen-bond acceptors (Lipinski definition) is 2. The van der Waals surface area contributed by atoms with Crippen LogP contribution in [-0.2, 0) is 0 Å². The second kappa shape index (κ2) is 7.23. The number of nitrogens with zero attached hydrogens (tertiary/aromatic N) is 2. The highest BCUT2D eigenvalue weighted by atomic mass is 35.5. The molecule has 0 spiro atoms. The zero-order valence-electron chi connectivity index (χ0n) is 12.2. The zero-order chi connectivity index (χ0) is 15.2. The number of rotatable bonds is 5. The van der Waals surface area contributed by atoms with Gasteiger partial charge in [-0.05, 0) is 49.8 Å². The minimum atomic E-state index is -0.330. The lowest BCUT2D eigenvalue weighted by molar-refractivity contribution is 0.443. The number of aromatic nitrogens is 1. The molecule has 1 aromatic carbocycles. The van der Waals surface area contributed by atoms with E-state index in [0.29, 0.717) is 5.02 Å². The van der Waals surface area contributed by atoms with Crippen molar-refractivity contribution in [1.82, 2.24) is 9.88 Å². The summed E-state index contributed by atoms with van der Waals surface area (Å²) < 4.78 is 13.3. The van der Waals surface area contributed by atoms with E-state index in [1.54, 1.807) is 18.5 Å². The third-order valence-electron chi connectivity index (χ3n) is 3.30. The van der Waals surface area contributed by atoms with E-state index in [2.05, 4.69) is 23.7 Å². The van der Waals surface area contributed by atoms with Crippen molar-refractivity contribution < 1.29 is 4.39 Å². The van der Waals surface area contributed by atoms with E-state index < -0.39 is 0 Å². The van der Waals surface area contributed by atoms with E-state index in [-0.39, 0.29) is 5.82 Å². The molecule has 0 aliphatic heterocycles. The predicted octanol–water partition coefficient (Wildman–Crippen LogP) is 4.71. The van der Waals surface area contributed by atoms with Crippen LogP contribution >= 0.6 is 11.6 Å². The van der Waals surface area contributed by atoms with Crippen LogP contribution < -0.4 is 0 Å². The maximum absolute atomic E-state index is 13.3. The molecule has 4 heteroatoms. The van der Waals surface area contributed by atoms with Crippen molar-refractivity contribution in [3.8, 4) is 0 Å². The highest BCUT2D eigenvalue weighted by Gasteiger charge is 2.13. The van der Waals surface area contributed by atoms with E-state index in [0.717, 1.165) is 29.9 Å². The van der Waals surface area contributed by atoms with Gasteiger partial charge in [0.15, 0.2) is 0 Å². The Balaban J connectivity index is 2.53. The first kappa shape index (κ1) is 15.5. The van der Waals surface area contributed by atoms with Gasteiger partial charge in [-0.1, -0.05) is 17.7 Å². The van der Waals surface area contributed by atoms with Crippen LogP contribution in [0.1, 0.15) is 25.0 Å². The highest BCUT2D eigenvalue weighted by Crippen LogP contribution is 2.29. The fourth-order valence-electron chi connectivity index (χ4n) is 2.22. The molecule has 0 amide bonds. The Morgan fingerprint density at radius 1 is 1.29 bits per heavy atom. The van der Waals surface area contributed by atoms with Gasteiger partial charge >= 0.3 is 0 Å². The van der Waals surface area contributed by atoms with Crippen LogP contribution in [0.25, 0.3) is 11.8 Å². The van der Waals surface area contributed by atoms with Crippen molar-refractivity contribution >= 4 is 23.4 Å². The normalized spacial score (nSPS) is 11.5. The van der Waals surface area contributed by atoms with Gasteiger partial charge in [-0.2, -0.15) is 0 Å². The Morgan fingerprint density at radius 3 is 2.62 bits per heavy atom. The Morgan fingerprint density at radius 2 is 2.05 bits per heavy atom. The Kier molecular flexibility index (Phi) is 5.34. The zero-order valence-corrected chi connectivity index (χ0v) is 12.9. The summed E-state index contributed by atoms with van der Waals surface area (Å²) in [5.74, 6) is -0.330. The molecule has 21 heavy (non-hydrogen) atoms. The van der Waals surface area contributed by atoms with Crippen molar-refractivity contribution in [1.29, 1.82) is 0 Å². The molecule has 0 N–H and O–H groups in total. The standard InChI is InChI=1S/C17H18ClFN2/c1-3-21(4-2)17(10-13-6-5-9-20-12-13)15-8-7-14(19)11-16(15)18/h5-12H,3-4H2,1-2H3. The molecule has 1 heterocycles. The SMILES string of the molecule is CCN(CC)C(=Cc1cccnc1)c1ccc(F)cc1Cl. The van der Waals surface area contributed by atoms with Crippen LogP contribution in [0, 0.1) is 5.82 Å². The van der Waals surface area contributed by atoms with Crippen molar-refractivity contribution in [2.24, 2.45) is 0 Å². The van der Waals surface area contributed by atoms with Gasteiger partial charge in [0.2, 0.25) is 0 Å². The third-order valence-corrected chi connectivity index (χ3v) is 3.61. The maximum atomic E-state index is 13.3. The first-order chi connectivity index (χ1) is 10.2. The molecular weight excluding hydrogens is 287 g/mol. The molecule has 0 saturated heterocycles. The lowest BCUT2D eigenvalue weighted by Crippen LogP contribution is -2.21. The van der Waals surface area contributed by atoms with Gasteiger partial charge in [0, 0.05) is 36.7 Å². The van der Waals surface area contributed by atoms with Gasteiger partial charge in [-0.15, -0.1) is 0 Å². The molecule has 0 aliphatic rings. The summed E-state index contributed by atoms with van der Waals surface area (Å²) in [6, 6.07) is 8.36. The molecule has 0 fully saturated rings. The second-order valence-electron chi connectivity index (χ2n) is 4.61. The summed E-state index contributed by atoms with van der Waals surface area (Å²) >= 11 is 6.23. The molecular formula is C17H18ClFN2. The van der Waals surface area contributed by atoms with Crippen LogP contribution in [0.4, 0.5) is 4.39 Å².